The first kappa shape index (κ1) is 15.3. The van der Waals surface area contributed by atoms with E-state index in [4.69, 9.17) is 5.73 Å². The van der Waals surface area contributed by atoms with Gasteiger partial charge in [0.1, 0.15) is 0 Å². The molecule has 1 aromatic carbocycles. The maximum absolute atomic E-state index is 11.4. The van der Waals surface area contributed by atoms with Crippen LogP contribution < -0.4 is 16.0 Å². The summed E-state index contributed by atoms with van der Waals surface area (Å²) in [5, 5.41) is 3.20. The molecule has 0 atom stereocenters. The maximum Gasteiger partial charge on any atom is 0.248 e. The van der Waals surface area contributed by atoms with Gasteiger partial charge in [0, 0.05) is 48.8 Å². The molecule has 1 amide bonds. The van der Waals surface area contributed by atoms with Gasteiger partial charge in [-0.05, 0) is 49.6 Å². The molecule has 1 aliphatic heterocycles. The van der Waals surface area contributed by atoms with Gasteiger partial charge < -0.3 is 16.0 Å². The average molecular weight is 310 g/mol. The van der Waals surface area contributed by atoms with Gasteiger partial charge in [0.15, 0.2) is 0 Å². The summed E-state index contributed by atoms with van der Waals surface area (Å²) < 4.78 is 0. The van der Waals surface area contributed by atoms with Gasteiger partial charge in [-0.1, -0.05) is 0 Å². The molecule has 0 aliphatic carbocycles. The number of carbonyl (C=O) groups is 1. The van der Waals surface area contributed by atoms with Gasteiger partial charge in [-0.3, -0.25) is 9.78 Å². The SMILES string of the molecule is CNc1ccc(N2CCCCC2)cc1-c1cc(C(N)=O)ccn1. The summed E-state index contributed by atoms with van der Waals surface area (Å²) in [6.07, 6.45) is 5.40. The molecule has 1 saturated heterocycles. The predicted octanol–water partition coefficient (Wildman–Crippen LogP) is 2.88. The number of pyridine rings is 1. The zero-order valence-corrected chi connectivity index (χ0v) is 13.4. The maximum atomic E-state index is 11.4. The number of aromatic nitrogens is 1. The van der Waals surface area contributed by atoms with Gasteiger partial charge in [-0.25, -0.2) is 0 Å². The number of nitrogens with zero attached hydrogens (tertiary/aromatic N) is 2. The van der Waals surface area contributed by atoms with Crippen LogP contribution in [0.5, 0.6) is 0 Å². The lowest BCUT2D eigenvalue weighted by molar-refractivity contribution is 0.1000. The third kappa shape index (κ3) is 3.28. The Labute approximate surface area is 136 Å². The van der Waals surface area contributed by atoms with Gasteiger partial charge in [-0.2, -0.15) is 0 Å². The van der Waals surface area contributed by atoms with E-state index < -0.39 is 5.91 Å². The number of benzene rings is 1. The Kier molecular flexibility index (Phi) is 4.46. The second kappa shape index (κ2) is 6.69. The molecule has 3 rings (SSSR count). The van der Waals surface area contributed by atoms with Gasteiger partial charge in [-0.15, -0.1) is 0 Å². The van der Waals surface area contributed by atoms with E-state index in [2.05, 4.69) is 33.4 Å². The minimum absolute atomic E-state index is 0.438. The van der Waals surface area contributed by atoms with Crippen molar-refractivity contribution in [1.29, 1.82) is 0 Å². The molecule has 3 N–H and O–H groups in total. The molecule has 5 heteroatoms. The molecule has 1 fully saturated rings. The normalized spacial score (nSPS) is 14.6. The molecule has 0 spiro atoms. The van der Waals surface area contributed by atoms with Crippen LogP contribution in [-0.4, -0.2) is 31.0 Å². The number of amides is 1. The average Bonchev–Trinajstić information content (AvgIpc) is 2.62. The molecule has 0 unspecified atom stereocenters. The molecule has 2 aromatic rings. The molecule has 2 heterocycles. The monoisotopic (exact) mass is 310 g/mol. The van der Waals surface area contributed by atoms with Crippen LogP contribution in [0.1, 0.15) is 29.6 Å². The fraction of sp³-hybridized carbons (Fsp3) is 0.333. The van der Waals surface area contributed by atoms with E-state index in [-0.39, 0.29) is 0 Å². The Hall–Kier alpha value is -2.56. The standard InChI is InChI=1S/C18H22N4O/c1-20-16-6-5-14(22-9-3-2-4-10-22)12-15(16)17-11-13(18(19)23)7-8-21-17/h5-8,11-12,20H,2-4,9-10H2,1H3,(H2,19,23). The number of hydrogen-bond donors (Lipinski definition) is 2. The van der Waals surface area contributed by atoms with Crippen molar-refractivity contribution in [2.24, 2.45) is 5.73 Å². The van der Waals surface area contributed by atoms with Crippen LogP contribution in [0.2, 0.25) is 0 Å². The first-order valence-electron chi connectivity index (χ1n) is 8.02. The number of primary amides is 1. The smallest absolute Gasteiger partial charge is 0.248 e. The number of piperidine rings is 1. The molecule has 5 nitrogen and oxygen atoms in total. The van der Waals surface area contributed by atoms with E-state index in [1.807, 2.05) is 7.05 Å². The van der Waals surface area contributed by atoms with E-state index in [1.165, 1.54) is 24.9 Å². The van der Waals surface area contributed by atoms with E-state index in [1.54, 1.807) is 18.3 Å². The Morgan fingerprint density at radius 2 is 1.96 bits per heavy atom. The van der Waals surface area contributed by atoms with Gasteiger partial charge >= 0.3 is 0 Å². The van der Waals surface area contributed by atoms with Crippen molar-refractivity contribution >= 4 is 17.3 Å². The Morgan fingerprint density at radius 1 is 1.17 bits per heavy atom. The molecule has 1 aliphatic rings. The van der Waals surface area contributed by atoms with Crippen molar-refractivity contribution in [3.8, 4) is 11.3 Å². The van der Waals surface area contributed by atoms with E-state index in [0.29, 0.717) is 5.56 Å². The Morgan fingerprint density at radius 3 is 2.65 bits per heavy atom. The first-order valence-corrected chi connectivity index (χ1v) is 8.02. The zero-order valence-electron chi connectivity index (χ0n) is 13.4. The number of hydrogen-bond acceptors (Lipinski definition) is 4. The Balaban J connectivity index is 2.02. The van der Waals surface area contributed by atoms with Crippen molar-refractivity contribution in [3.05, 3.63) is 42.1 Å². The van der Waals surface area contributed by atoms with Gasteiger partial charge in [0.25, 0.3) is 0 Å². The van der Waals surface area contributed by atoms with Crippen molar-refractivity contribution < 1.29 is 4.79 Å². The number of nitrogens with one attached hydrogen (secondary N) is 1. The third-order valence-corrected chi connectivity index (χ3v) is 4.31. The summed E-state index contributed by atoms with van der Waals surface area (Å²) >= 11 is 0. The Bertz CT molecular complexity index is 708. The highest BCUT2D eigenvalue weighted by Gasteiger charge is 2.14. The zero-order chi connectivity index (χ0) is 16.2. The van der Waals surface area contributed by atoms with Crippen LogP contribution in [0.15, 0.2) is 36.5 Å². The molecule has 23 heavy (non-hydrogen) atoms. The van der Waals surface area contributed by atoms with Gasteiger partial charge in [0.05, 0.1) is 5.69 Å². The van der Waals surface area contributed by atoms with E-state index in [9.17, 15) is 4.79 Å². The molecular formula is C18H22N4O. The van der Waals surface area contributed by atoms with Crippen LogP contribution in [-0.2, 0) is 0 Å². The van der Waals surface area contributed by atoms with Crippen molar-refractivity contribution in [1.82, 2.24) is 4.98 Å². The fourth-order valence-corrected chi connectivity index (χ4v) is 3.04. The fourth-order valence-electron chi connectivity index (χ4n) is 3.04. The first-order chi connectivity index (χ1) is 11.2. The minimum Gasteiger partial charge on any atom is -0.388 e. The van der Waals surface area contributed by atoms with Crippen LogP contribution in [0, 0.1) is 0 Å². The lowest BCUT2D eigenvalue weighted by atomic mass is 10.0. The number of rotatable bonds is 4. The largest absolute Gasteiger partial charge is 0.388 e. The number of carbonyl (C=O) groups excluding carboxylic acids is 1. The molecule has 1 aromatic heterocycles. The molecular weight excluding hydrogens is 288 g/mol. The summed E-state index contributed by atoms with van der Waals surface area (Å²) in [6, 6.07) is 9.73. The summed E-state index contributed by atoms with van der Waals surface area (Å²) in [4.78, 5) is 18.3. The lowest BCUT2D eigenvalue weighted by Crippen LogP contribution is -2.29. The number of nitrogens with two attached hydrogens (primary N) is 1. The van der Waals surface area contributed by atoms with Crippen LogP contribution in [0.4, 0.5) is 11.4 Å². The summed E-state index contributed by atoms with van der Waals surface area (Å²) in [5.74, 6) is -0.438. The summed E-state index contributed by atoms with van der Waals surface area (Å²) in [7, 11) is 1.89. The minimum atomic E-state index is -0.438. The van der Waals surface area contributed by atoms with Gasteiger partial charge in [0.2, 0.25) is 5.91 Å². The molecule has 0 radical (unpaired) electrons. The highest BCUT2D eigenvalue weighted by Crippen LogP contribution is 2.32. The molecule has 0 saturated carbocycles. The topological polar surface area (TPSA) is 71.2 Å². The quantitative estimate of drug-likeness (QED) is 0.911. The molecule has 120 valence electrons. The van der Waals surface area contributed by atoms with Crippen molar-refractivity contribution in [2.75, 3.05) is 30.4 Å². The highest BCUT2D eigenvalue weighted by molar-refractivity contribution is 5.94. The van der Waals surface area contributed by atoms with Crippen molar-refractivity contribution in [2.45, 2.75) is 19.3 Å². The third-order valence-electron chi connectivity index (χ3n) is 4.31. The second-order valence-electron chi connectivity index (χ2n) is 5.82. The van der Waals surface area contributed by atoms with E-state index >= 15 is 0 Å². The second-order valence-corrected chi connectivity index (χ2v) is 5.82. The summed E-state index contributed by atoms with van der Waals surface area (Å²) in [6.45, 7) is 2.18. The van der Waals surface area contributed by atoms with Crippen LogP contribution >= 0.6 is 0 Å². The van der Waals surface area contributed by atoms with E-state index in [0.717, 1.165) is 30.0 Å². The highest BCUT2D eigenvalue weighted by atomic mass is 16.1. The van der Waals surface area contributed by atoms with Crippen molar-refractivity contribution in [3.63, 3.8) is 0 Å². The molecule has 0 bridgehead atoms. The van der Waals surface area contributed by atoms with Crippen LogP contribution in [0.3, 0.4) is 0 Å². The summed E-state index contributed by atoms with van der Waals surface area (Å²) in [5.41, 5.74) is 9.78. The predicted molar refractivity (Wildman–Crippen MR) is 93.8 cm³/mol. The van der Waals surface area contributed by atoms with Crippen LogP contribution in [0.25, 0.3) is 11.3 Å². The number of anilines is 2. The lowest BCUT2D eigenvalue weighted by Gasteiger charge is -2.29.